The molecule has 2 N–H and O–H groups in total. The number of aromatic nitrogens is 2. The molecule has 0 bridgehead atoms. The molecular formula is C11H20N4OS. The van der Waals surface area contributed by atoms with Gasteiger partial charge in [-0.15, -0.1) is 0 Å². The minimum absolute atomic E-state index is 0.537. The fourth-order valence-corrected chi connectivity index (χ4v) is 2.83. The minimum atomic E-state index is -0.537. The zero-order valence-electron chi connectivity index (χ0n) is 10.6. The molecule has 0 aromatic carbocycles. The average Bonchev–Trinajstić information content (AvgIpc) is 2.69. The first-order valence-corrected chi connectivity index (χ1v) is 7.06. The third-order valence-electron chi connectivity index (χ3n) is 2.89. The number of nitrogens with zero attached hydrogens (tertiary/aromatic N) is 3. The summed E-state index contributed by atoms with van der Waals surface area (Å²) in [5.74, 6) is 3.58. The second-order valence-electron chi connectivity index (χ2n) is 5.13. The number of hydrogen-bond donors (Lipinski definition) is 1. The molecule has 2 rings (SSSR count). The van der Waals surface area contributed by atoms with Crippen LogP contribution in [0.15, 0.2) is 4.52 Å². The standard InChI is InChI=1S/C11H20N4OS/c1-8-7-17-5-4-15(8)6-9-13-10(14-16-9)11(2,3)12/h8H,4-7,12H2,1-3H3. The van der Waals surface area contributed by atoms with Gasteiger partial charge in [0.2, 0.25) is 5.89 Å². The Hall–Kier alpha value is -0.590. The van der Waals surface area contributed by atoms with E-state index < -0.39 is 5.54 Å². The van der Waals surface area contributed by atoms with E-state index in [1.54, 1.807) is 0 Å². The predicted molar refractivity (Wildman–Crippen MR) is 68.7 cm³/mol. The van der Waals surface area contributed by atoms with Gasteiger partial charge in [0.15, 0.2) is 5.82 Å². The molecule has 6 heteroatoms. The van der Waals surface area contributed by atoms with Crippen molar-refractivity contribution in [3.05, 3.63) is 11.7 Å². The van der Waals surface area contributed by atoms with E-state index in [0.29, 0.717) is 17.8 Å². The van der Waals surface area contributed by atoms with Gasteiger partial charge in [-0.1, -0.05) is 5.16 Å². The van der Waals surface area contributed by atoms with Crippen LogP contribution in [-0.4, -0.2) is 39.1 Å². The Kier molecular flexibility index (Phi) is 3.75. The molecule has 0 spiro atoms. The van der Waals surface area contributed by atoms with Crippen molar-refractivity contribution in [1.29, 1.82) is 0 Å². The van der Waals surface area contributed by atoms with E-state index in [0.717, 1.165) is 13.1 Å². The van der Waals surface area contributed by atoms with Gasteiger partial charge < -0.3 is 10.3 Å². The molecule has 0 amide bonds. The summed E-state index contributed by atoms with van der Waals surface area (Å²) in [6.07, 6.45) is 0. The van der Waals surface area contributed by atoms with Crippen molar-refractivity contribution in [2.75, 3.05) is 18.1 Å². The van der Waals surface area contributed by atoms with Crippen molar-refractivity contribution in [2.45, 2.75) is 38.9 Å². The maximum absolute atomic E-state index is 5.93. The maximum Gasteiger partial charge on any atom is 0.240 e. The van der Waals surface area contributed by atoms with Crippen molar-refractivity contribution in [1.82, 2.24) is 15.0 Å². The third kappa shape index (κ3) is 3.20. The molecule has 1 fully saturated rings. The molecule has 1 saturated heterocycles. The summed E-state index contributed by atoms with van der Waals surface area (Å²) >= 11 is 2.00. The first-order valence-electron chi connectivity index (χ1n) is 5.90. The zero-order chi connectivity index (χ0) is 12.5. The number of hydrogen-bond acceptors (Lipinski definition) is 6. The van der Waals surface area contributed by atoms with Crippen molar-refractivity contribution in [2.24, 2.45) is 5.73 Å². The van der Waals surface area contributed by atoms with E-state index in [9.17, 15) is 0 Å². The Morgan fingerprint density at radius 3 is 2.94 bits per heavy atom. The van der Waals surface area contributed by atoms with E-state index in [4.69, 9.17) is 10.3 Å². The summed E-state index contributed by atoms with van der Waals surface area (Å²) in [6, 6.07) is 0.565. The van der Waals surface area contributed by atoms with Crippen LogP contribution in [0.2, 0.25) is 0 Å². The van der Waals surface area contributed by atoms with Crippen LogP contribution in [0.5, 0.6) is 0 Å². The highest BCUT2D eigenvalue weighted by Gasteiger charge is 2.24. The van der Waals surface area contributed by atoms with E-state index in [-0.39, 0.29) is 0 Å². The fraction of sp³-hybridized carbons (Fsp3) is 0.818. The molecule has 17 heavy (non-hydrogen) atoms. The molecule has 1 aromatic rings. The highest BCUT2D eigenvalue weighted by atomic mass is 32.2. The van der Waals surface area contributed by atoms with Crippen LogP contribution in [0.25, 0.3) is 0 Å². The van der Waals surface area contributed by atoms with Crippen LogP contribution in [-0.2, 0) is 12.1 Å². The summed E-state index contributed by atoms with van der Waals surface area (Å²) in [6.45, 7) is 7.79. The normalized spacial score (nSPS) is 22.9. The quantitative estimate of drug-likeness (QED) is 0.876. The van der Waals surface area contributed by atoms with Crippen LogP contribution < -0.4 is 5.73 Å². The zero-order valence-corrected chi connectivity index (χ0v) is 11.5. The summed E-state index contributed by atoms with van der Waals surface area (Å²) in [5.41, 5.74) is 5.39. The maximum atomic E-state index is 5.93. The molecule has 1 atom stereocenters. The van der Waals surface area contributed by atoms with Gasteiger partial charge in [0.25, 0.3) is 0 Å². The molecule has 0 radical (unpaired) electrons. The number of nitrogens with two attached hydrogens (primary N) is 1. The lowest BCUT2D eigenvalue weighted by Crippen LogP contribution is -2.39. The highest BCUT2D eigenvalue weighted by molar-refractivity contribution is 7.99. The first kappa shape index (κ1) is 12.9. The summed E-state index contributed by atoms with van der Waals surface area (Å²) in [7, 11) is 0. The van der Waals surface area contributed by atoms with Gasteiger partial charge in [0.05, 0.1) is 12.1 Å². The molecule has 0 aliphatic carbocycles. The van der Waals surface area contributed by atoms with Gasteiger partial charge in [0, 0.05) is 24.1 Å². The van der Waals surface area contributed by atoms with Gasteiger partial charge in [-0.2, -0.15) is 16.7 Å². The Morgan fingerprint density at radius 2 is 2.35 bits per heavy atom. The van der Waals surface area contributed by atoms with Gasteiger partial charge in [-0.25, -0.2) is 0 Å². The highest BCUT2D eigenvalue weighted by Crippen LogP contribution is 2.19. The Bertz CT molecular complexity index is 374. The van der Waals surface area contributed by atoms with Gasteiger partial charge >= 0.3 is 0 Å². The molecule has 96 valence electrons. The molecular weight excluding hydrogens is 236 g/mol. The van der Waals surface area contributed by atoms with E-state index in [1.165, 1.54) is 11.5 Å². The molecule has 1 aliphatic heterocycles. The topological polar surface area (TPSA) is 68.2 Å². The van der Waals surface area contributed by atoms with Gasteiger partial charge in [-0.3, -0.25) is 4.90 Å². The molecule has 1 aromatic heterocycles. The number of rotatable bonds is 3. The Balaban J connectivity index is 2.01. The van der Waals surface area contributed by atoms with E-state index >= 15 is 0 Å². The van der Waals surface area contributed by atoms with Crippen LogP contribution >= 0.6 is 11.8 Å². The van der Waals surface area contributed by atoms with Crippen molar-refractivity contribution in [3.8, 4) is 0 Å². The molecule has 5 nitrogen and oxygen atoms in total. The Morgan fingerprint density at radius 1 is 1.59 bits per heavy atom. The molecule has 2 heterocycles. The third-order valence-corrected chi connectivity index (χ3v) is 4.08. The SMILES string of the molecule is CC1CSCCN1Cc1nc(C(C)(C)N)no1. The molecule has 1 unspecified atom stereocenters. The second kappa shape index (κ2) is 4.96. The van der Waals surface area contributed by atoms with Crippen LogP contribution in [0, 0.1) is 0 Å². The van der Waals surface area contributed by atoms with Crippen LogP contribution in [0.4, 0.5) is 0 Å². The fourth-order valence-electron chi connectivity index (χ4n) is 1.75. The van der Waals surface area contributed by atoms with Crippen molar-refractivity contribution < 1.29 is 4.52 Å². The summed E-state index contributed by atoms with van der Waals surface area (Å²) < 4.78 is 5.25. The molecule has 0 saturated carbocycles. The average molecular weight is 256 g/mol. The predicted octanol–water partition coefficient (Wildman–Crippen LogP) is 1.20. The smallest absolute Gasteiger partial charge is 0.240 e. The minimum Gasteiger partial charge on any atom is -0.338 e. The van der Waals surface area contributed by atoms with E-state index in [2.05, 4.69) is 22.0 Å². The second-order valence-corrected chi connectivity index (χ2v) is 6.28. The van der Waals surface area contributed by atoms with Crippen LogP contribution in [0.1, 0.15) is 32.5 Å². The van der Waals surface area contributed by atoms with Gasteiger partial charge in [-0.05, 0) is 20.8 Å². The lowest BCUT2D eigenvalue weighted by molar-refractivity contribution is 0.193. The summed E-state index contributed by atoms with van der Waals surface area (Å²) in [4.78, 5) is 6.73. The largest absolute Gasteiger partial charge is 0.338 e. The van der Waals surface area contributed by atoms with Crippen molar-refractivity contribution in [3.63, 3.8) is 0 Å². The van der Waals surface area contributed by atoms with Crippen LogP contribution in [0.3, 0.4) is 0 Å². The summed E-state index contributed by atoms with van der Waals surface area (Å²) in [5, 5.41) is 3.94. The Labute approximate surface area is 106 Å². The van der Waals surface area contributed by atoms with E-state index in [1.807, 2.05) is 25.6 Å². The molecule has 1 aliphatic rings. The lowest BCUT2D eigenvalue weighted by Gasteiger charge is -2.31. The lowest BCUT2D eigenvalue weighted by atomic mass is 10.1. The first-order chi connectivity index (χ1) is 7.97. The van der Waals surface area contributed by atoms with Crippen molar-refractivity contribution >= 4 is 11.8 Å². The van der Waals surface area contributed by atoms with Gasteiger partial charge in [0.1, 0.15) is 0 Å². The monoisotopic (exact) mass is 256 g/mol. The number of thioether (sulfide) groups is 1.